The molecule has 106 valence electrons. The fraction of sp³-hybridized carbons (Fsp3) is 0.467. The van der Waals surface area contributed by atoms with Gasteiger partial charge in [0, 0.05) is 6.54 Å². The Kier molecular flexibility index (Phi) is 3.69. The van der Waals surface area contributed by atoms with Crippen LogP contribution in [0.2, 0.25) is 0 Å². The minimum absolute atomic E-state index is 0.0128. The molecule has 5 heteroatoms. The number of fused-ring (bicyclic) bond motifs is 1. The van der Waals surface area contributed by atoms with E-state index in [9.17, 15) is 4.79 Å². The van der Waals surface area contributed by atoms with Crippen molar-refractivity contribution in [1.82, 2.24) is 14.9 Å². The van der Waals surface area contributed by atoms with E-state index in [2.05, 4.69) is 10.3 Å². The smallest absolute Gasteiger partial charge is 0.265 e. The predicted octanol–water partition coefficient (Wildman–Crippen LogP) is 1.72. The topological polar surface area (TPSA) is 56.1 Å². The fourth-order valence-corrected chi connectivity index (χ4v) is 2.82. The molecule has 1 unspecified atom stereocenters. The van der Waals surface area contributed by atoms with Crippen LogP contribution in [0.4, 0.5) is 0 Å². The van der Waals surface area contributed by atoms with Gasteiger partial charge in [-0.15, -0.1) is 0 Å². The SMILES string of the molecule is COc1cccc2ncn(C3CCCCNC3)c(=O)c12. The molecule has 3 rings (SSSR count). The summed E-state index contributed by atoms with van der Waals surface area (Å²) in [5, 5.41) is 3.95. The molecule has 1 N–H and O–H groups in total. The maximum Gasteiger partial charge on any atom is 0.265 e. The van der Waals surface area contributed by atoms with Gasteiger partial charge in [0.2, 0.25) is 0 Å². The van der Waals surface area contributed by atoms with Crippen molar-refractivity contribution < 1.29 is 4.74 Å². The van der Waals surface area contributed by atoms with Crippen molar-refractivity contribution in [3.8, 4) is 5.75 Å². The Morgan fingerprint density at radius 2 is 2.30 bits per heavy atom. The van der Waals surface area contributed by atoms with Crippen LogP contribution < -0.4 is 15.6 Å². The third-order valence-corrected chi connectivity index (χ3v) is 3.91. The molecule has 20 heavy (non-hydrogen) atoms. The maximum atomic E-state index is 12.7. The molecule has 1 aliphatic heterocycles. The highest BCUT2D eigenvalue weighted by Gasteiger charge is 2.17. The summed E-state index contributed by atoms with van der Waals surface area (Å²) in [5.74, 6) is 0.593. The molecule has 1 aliphatic rings. The van der Waals surface area contributed by atoms with Gasteiger partial charge in [-0.1, -0.05) is 12.5 Å². The van der Waals surface area contributed by atoms with Crippen molar-refractivity contribution in [2.24, 2.45) is 0 Å². The summed E-state index contributed by atoms with van der Waals surface area (Å²) in [4.78, 5) is 17.1. The van der Waals surface area contributed by atoms with Crippen molar-refractivity contribution in [3.63, 3.8) is 0 Å². The molecule has 1 aromatic heterocycles. The van der Waals surface area contributed by atoms with E-state index in [1.807, 2.05) is 12.1 Å². The van der Waals surface area contributed by atoms with Crippen LogP contribution in [0.1, 0.15) is 25.3 Å². The minimum atomic E-state index is -0.0128. The van der Waals surface area contributed by atoms with Crippen LogP contribution in [0.15, 0.2) is 29.3 Å². The molecule has 2 heterocycles. The highest BCUT2D eigenvalue weighted by molar-refractivity contribution is 5.83. The van der Waals surface area contributed by atoms with Crippen LogP contribution in [-0.2, 0) is 0 Å². The number of benzene rings is 1. The van der Waals surface area contributed by atoms with Crippen LogP contribution in [0.5, 0.6) is 5.75 Å². The zero-order chi connectivity index (χ0) is 13.9. The summed E-state index contributed by atoms with van der Waals surface area (Å²) in [6.45, 7) is 1.85. The van der Waals surface area contributed by atoms with Crippen LogP contribution in [-0.4, -0.2) is 29.8 Å². The van der Waals surface area contributed by atoms with Gasteiger partial charge in [0.05, 0.1) is 25.0 Å². The largest absolute Gasteiger partial charge is 0.496 e. The van der Waals surface area contributed by atoms with Gasteiger partial charge in [-0.05, 0) is 31.5 Å². The highest BCUT2D eigenvalue weighted by Crippen LogP contribution is 2.22. The molecule has 1 saturated heterocycles. The van der Waals surface area contributed by atoms with Crippen LogP contribution >= 0.6 is 0 Å². The van der Waals surface area contributed by atoms with Gasteiger partial charge >= 0.3 is 0 Å². The van der Waals surface area contributed by atoms with E-state index in [1.165, 1.54) is 0 Å². The molecule has 0 spiro atoms. The Morgan fingerprint density at radius 3 is 3.15 bits per heavy atom. The number of hydrogen-bond donors (Lipinski definition) is 1. The molecule has 1 fully saturated rings. The van der Waals surface area contributed by atoms with E-state index >= 15 is 0 Å². The molecule has 0 aliphatic carbocycles. The Labute approximate surface area is 117 Å². The Bertz CT molecular complexity index is 658. The third-order valence-electron chi connectivity index (χ3n) is 3.91. The number of nitrogens with zero attached hydrogens (tertiary/aromatic N) is 2. The van der Waals surface area contributed by atoms with Crippen LogP contribution in [0.25, 0.3) is 10.9 Å². The van der Waals surface area contributed by atoms with Crippen molar-refractivity contribution in [3.05, 3.63) is 34.9 Å². The van der Waals surface area contributed by atoms with Crippen molar-refractivity contribution in [2.45, 2.75) is 25.3 Å². The first-order valence-corrected chi connectivity index (χ1v) is 7.06. The van der Waals surface area contributed by atoms with Crippen molar-refractivity contribution >= 4 is 10.9 Å². The zero-order valence-corrected chi connectivity index (χ0v) is 11.6. The molecule has 0 radical (unpaired) electrons. The standard InChI is InChI=1S/C15H19N3O2/c1-20-13-7-4-6-12-14(13)15(19)18(10-17-12)11-5-2-3-8-16-9-11/h4,6-7,10-11,16H,2-3,5,8-9H2,1H3. The van der Waals surface area contributed by atoms with Gasteiger partial charge in [0.25, 0.3) is 5.56 Å². The Morgan fingerprint density at radius 1 is 1.40 bits per heavy atom. The summed E-state index contributed by atoms with van der Waals surface area (Å²) in [7, 11) is 1.58. The second-order valence-electron chi connectivity index (χ2n) is 5.17. The van der Waals surface area contributed by atoms with Crippen molar-refractivity contribution in [1.29, 1.82) is 0 Å². The van der Waals surface area contributed by atoms with E-state index in [0.29, 0.717) is 16.7 Å². The maximum absolute atomic E-state index is 12.7. The average molecular weight is 273 g/mol. The van der Waals surface area contributed by atoms with Gasteiger partial charge < -0.3 is 10.1 Å². The first-order chi connectivity index (χ1) is 9.81. The van der Waals surface area contributed by atoms with Gasteiger partial charge in [-0.25, -0.2) is 4.98 Å². The van der Waals surface area contributed by atoms with Gasteiger partial charge in [0.1, 0.15) is 11.1 Å². The summed E-state index contributed by atoms with van der Waals surface area (Å²) >= 11 is 0. The number of methoxy groups -OCH3 is 1. The first kappa shape index (κ1) is 13.1. The molecular weight excluding hydrogens is 254 g/mol. The minimum Gasteiger partial charge on any atom is -0.496 e. The predicted molar refractivity (Wildman–Crippen MR) is 78.3 cm³/mol. The lowest BCUT2D eigenvalue weighted by Crippen LogP contribution is -2.31. The van der Waals surface area contributed by atoms with Crippen molar-refractivity contribution in [2.75, 3.05) is 20.2 Å². The summed E-state index contributed by atoms with van der Waals surface area (Å²) in [6.07, 6.45) is 4.97. The molecule has 5 nitrogen and oxygen atoms in total. The van der Waals surface area contributed by atoms with E-state index in [4.69, 9.17) is 4.74 Å². The molecule has 0 bridgehead atoms. The lowest BCUT2D eigenvalue weighted by molar-refractivity contribution is 0.416. The lowest BCUT2D eigenvalue weighted by Gasteiger charge is -2.18. The van der Waals surface area contributed by atoms with Gasteiger partial charge in [-0.3, -0.25) is 9.36 Å². The summed E-state index contributed by atoms with van der Waals surface area (Å²) < 4.78 is 7.06. The number of rotatable bonds is 2. The number of ether oxygens (including phenoxy) is 1. The number of hydrogen-bond acceptors (Lipinski definition) is 4. The van der Waals surface area contributed by atoms with E-state index in [-0.39, 0.29) is 11.6 Å². The molecular formula is C15H19N3O2. The Hall–Kier alpha value is -1.88. The summed E-state index contributed by atoms with van der Waals surface area (Å²) in [5.41, 5.74) is 0.674. The molecule has 1 atom stereocenters. The molecule has 2 aromatic rings. The quantitative estimate of drug-likeness (QED) is 0.905. The van der Waals surface area contributed by atoms with E-state index in [0.717, 1.165) is 32.4 Å². The van der Waals surface area contributed by atoms with Gasteiger partial charge in [0.15, 0.2) is 0 Å². The normalized spacial score (nSPS) is 19.8. The molecule has 0 amide bonds. The third kappa shape index (κ3) is 2.29. The lowest BCUT2D eigenvalue weighted by atomic mass is 10.1. The highest BCUT2D eigenvalue weighted by atomic mass is 16.5. The van der Waals surface area contributed by atoms with Crippen LogP contribution in [0.3, 0.4) is 0 Å². The van der Waals surface area contributed by atoms with Gasteiger partial charge in [-0.2, -0.15) is 0 Å². The van der Waals surface area contributed by atoms with E-state index < -0.39 is 0 Å². The number of aromatic nitrogens is 2. The van der Waals surface area contributed by atoms with Crippen LogP contribution in [0, 0.1) is 0 Å². The summed E-state index contributed by atoms with van der Waals surface area (Å²) in [6, 6.07) is 5.67. The zero-order valence-electron chi connectivity index (χ0n) is 11.6. The second kappa shape index (κ2) is 5.63. The van der Waals surface area contributed by atoms with E-state index in [1.54, 1.807) is 24.1 Å². The molecule has 0 saturated carbocycles. The monoisotopic (exact) mass is 273 g/mol. The molecule has 1 aromatic carbocycles. The Balaban J connectivity index is 2.12. The second-order valence-corrected chi connectivity index (χ2v) is 5.17. The average Bonchev–Trinajstić information content (AvgIpc) is 2.76. The first-order valence-electron chi connectivity index (χ1n) is 7.06. The fourth-order valence-electron chi connectivity index (χ4n) is 2.82. The number of nitrogens with one attached hydrogen (secondary N) is 1.